The molecular formula is C18H21N7O8S2. The van der Waals surface area contributed by atoms with Gasteiger partial charge in [0.05, 0.1) is 6.04 Å². The molecule has 1 aromatic heterocycles. The number of hydrogen-bond donors (Lipinski definition) is 5. The van der Waals surface area contributed by atoms with Gasteiger partial charge in [0.1, 0.15) is 29.9 Å². The summed E-state index contributed by atoms with van der Waals surface area (Å²) in [4.78, 5) is 34.1. The highest BCUT2D eigenvalue weighted by atomic mass is 32.3. The summed E-state index contributed by atoms with van der Waals surface area (Å²) >= 11 is 1.05. The van der Waals surface area contributed by atoms with Crippen molar-refractivity contribution < 1.29 is 36.4 Å². The zero-order valence-corrected chi connectivity index (χ0v) is 19.7. The zero-order chi connectivity index (χ0) is 25.8. The number of β-lactam (4-membered cyclic amide) rings is 1. The minimum atomic E-state index is -4.90. The molecule has 0 bridgehead atoms. The van der Waals surface area contributed by atoms with Crippen molar-refractivity contribution >= 4 is 50.2 Å². The molecule has 0 saturated carbocycles. The van der Waals surface area contributed by atoms with Gasteiger partial charge in [-0.25, -0.2) is 4.98 Å². The summed E-state index contributed by atoms with van der Waals surface area (Å²) < 4.78 is 40.0. The van der Waals surface area contributed by atoms with Crippen molar-refractivity contribution in [3.8, 4) is 5.75 Å². The smallest absolute Gasteiger partial charge is 0.418 e. The monoisotopic (exact) mass is 527 g/mol. The van der Waals surface area contributed by atoms with Crippen LogP contribution < -0.4 is 21.5 Å². The second-order valence-corrected chi connectivity index (χ2v) is 8.88. The SMILES string of the molecule is C[C@@H]1[C@H](NC(=O)/C(=N\OCCOc2ccc(C(=N)N)cc2)c2csc(N)n2)C(=O)N1OS(=O)(=O)O. The maximum absolute atomic E-state index is 12.8. The van der Waals surface area contributed by atoms with E-state index in [0.717, 1.165) is 11.3 Å². The van der Waals surface area contributed by atoms with E-state index in [0.29, 0.717) is 16.4 Å². The summed E-state index contributed by atoms with van der Waals surface area (Å²) in [5.41, 5.74) is 11.4. The molecule has 2 amide bonds. The number of thiazole rings is 1. The Hall–Kier alpha value is -3.80. The standard InChI is InChI=1S/C18H21N7O8S2/c1-9-13(17(27)25(9)33-35(28,29)30)23-16(26)14(12-8-34-18(21)22-12)24-32-7-6-31-11-4-2-10(3-5-11)15(19)20/h2-5,8-9,13H,6-7H2,1H3,(H3,19,20)(H2,21,22)(H,23,26)(H,28,29,30)/b24-14-/t9-,13+/m1/s1. The van der Waals surface area contributed by atoms with Crippen LogP contribution in [0.3, 0.4) is 0 Å². The molecule has 1 aromatic carbocycles. The first-order chi connectivity index (χ1) is 16.5. The van der Waals surface area contributed by atoms with Gasteiger partial charge in [0.15, 0.2) is 17.5 Å². The number of carbonyl (C=O) groups excluding carboxylic acids is 2. The van der Waals surface area contributed by atoms with Gasteiger partial charge in [-0.05, 0) is 31.2 Å². The summed E-state index contributed by atoms with van der Waals surface area (Å²) in [5, 5.41) is 15.6. The van der Waals surface area contributed by atoms with Crippen LogP contribution >= 0.6 is 11.3 Å². The van der Waals surface area contributed by atoms with Crippen LogP contribution in [0.1, 0.15) is 18.2 Å². The molecule has 2 atom stereocenters. The molecule has 1 aliphatic rings. The number of aromatic nitrogens is 1. The van der Waals surface area contributed by atoms with Crippen molar-refractivity contribution in [1.82, 2.24) is 15.4 Å². The van der Waals surface area contributed by atoms with Crippen LogP contribution in [-0.2, 0) is 29.1 Å². The van der Waals surface area contributed by atoms with E-state index in [4.69, 9.17) is 31.0 Å². The molecule has 0 unspecified atom stereocenters. The molecule has 35 heavy (non-hydrogen) atoms. The predicted molar refractivity (Wildman–Crippen MR) is 123 cm³/mol. The lowest BCUT2D eigenvalue weighted by Crippen LogP contribution is -2.70. The minimum Gasteiger partial charge on any atom is -0.490 e. The number of rotatable bonds is 11. The first-order valence-corrected chi connectivity index (χ1v) is 12.0. The molecular weight excluding hydrogens is 506 g/mol. The van der Waals surface area contributed by atoms with Crippen LogP contribution in [0.4, 0.5) is 5.13 Å². The first kappa shape index (κ1) is 25.8. The van der Waals surface area contributed by atoms with E-state index < -0.39 is 34.3 Å². The Bertz CT molecular complexity index is 1250. The Labute approximate surface area is 203 Å². The van der Waals surface area contributed by atoms with Gasteiger partial charge >= 0.3 is 10.4 Å². The third-order valence-electron chi connectivity index (χ3n) is 4.54. The summed E-state index contributed by atoms with van der Waals surface area (Å²) in [5.74, 6) is -1.31. The fraction of sp³-hybridized carbons (Fsp3) is 0.278. The van der Waals surface area contributed by atoms with Gasteiger partial charge in [-0.3, -0.25) is 19.6 Å². The second kappa shape index (κ2) is 10.6. The van der Waals surface area contributed by atoms with E-state index in [-0.39, 0.29) is 35.6 Å². The normalized spacial score (nSPS) is 18.1. The molecule has 1 fully saturated rings. The van der Waals surface area contributed by atoms with Gasteiger partial charge in [0, 0.05) is 10.9 Å². The maximum atomic E-state index is 12.8. The summed E-state index contributed by atoms with van der Waals surface area (Å²) in [7, 11) is -4.90. The number of nitrogen functional groups attached to an aromatic ring is 2. The zero-order valence-electron chi connectivity index (χ0n) is 18.1. The Kier molecular flexibility index (Phi) is 7.85. The summed E-state index contributed by atoms with van der Waals surface area (Å²) in [6, 6.07) is 4.45. The van der Waals surface area contributed by atoms with Crippen LogP contribution in [0, 0.1) is 5.41 Å². The van der Waals surface area contributed by atoms with E-state index in [2.05, 4.69) is 19.7 Å². The number of nitrogens with one attached hydrogen (secondary N) is 2. The number of amidine groups is 1. The van der Waals surface area contributed by atoms with Gasteiger partial charge in [-0.15, -0.1) is 15.6 Å². The number of nitrogens with zero attached hydrogens (tertiary/aromatic N) is 3. The Morgan fingerprint density at radius 2 is 2.03 bits per heavy atom. The molecule has 15 nitrogen and oxygen atoms in total. The fourth-order valence-electron chi connectivity index (χ4n) is 2.83. The van der Waals surface area contributed by atoms with Gasteiger partial charge in [0.2, 0.25) is 0 Å². The molecule has 0 aliphatic carbocycles. The van der Waals surface area contributed by atoms with Crippen LogP contribution in [0.15, 0.2) is 34.8 Å². The fourth-order valence-corrected chi connectivity index (χ4v) is 3.79. The van der Waals surface area contributed by atoms with Crippen molar-refractivity contribution in [3.63, 3.8) is 0 Å². The molecule has 3 rings (SSSR count). The highest BCUT2D eigenvalue weighted by molar-refractivity contribution is 7.80. The van der Waals surface area contributed by atoms with Gasteiger partial charge < -0.3 is 26.4 Å². The van der Waals surface area contributed by atoms with E-state index in [1.165, 1.54) is 12.3 Å². The number of anilines is 1. The van der Waals surface area contributed by atoms with Crippen LogP contribution in [0.2, 0.25) is 0 Å². The topological polar surface area (TPSA) is 233 Å². The van der Waals surface area contributed by atoms with Crippen molar-refractivity contribution in [3.05, 3.63) is 40.9 Å². The van der Waals surface area contributed by atoms with Crippen molar-refractivity contribution in [2.75, 3.05) is 18.9 Å². The number of carbonyl (C=O) groups is 2. The Morgan fingerprint density at radius 3 is 2.57 bits per heavy atom. The molecule has 17 heteroatoms. The second-order valence-electron chi connectivity index (χ2n) is 6.99. The highest BCUT2D eigenvalue weighted by Gasteiger charge is 2.49. The predicted octanol–water partition coefficient (Wildman–Crippen LogP) is -0.741. The molecule has 0 spiro atoms. The van der Waals surface area contributed by atoms with Crippen LogP contribution in [0.5, 0.6) is 5.75 Å². The van der Waals surface area contributed by atoms with Crippen LogP contribution in [0.25, 0.3) is 0 Å². The molecule has 1 aliphatic heterocycles. The lowest BCUT2D eigenvalue weighted by atomic mass is 10.00. The van der Waals surface area contributed by atoms with E-state index in [1.54, 1.807) is 24.3 Å². The van der Waals surface area contributed by atoms with E-state index >= 15 is 0 Å². The van der Waals surface area contributed by atoms with Gasteiger partial charge in [-0.2, -0.15) is 13.5 Å². The maximum Gasteiger partial charge on any atom is 0.418 e. The number of benzene rings is 1. The van der Waals surface area contributed by atoms with E-state index in [9.17, 15) is 18.0 Å². The number of oxime groups is 1. The molecule has 2 aromatic rings. The van der Waals surface area contributed by atoms with Crippen molar-refractivity contribution in [1.29, 1.82) is 5.41 Å². The molecule has 188 valence electrons. The average Bonchev–Trinajstić information content (AvgIpc) is 3.23. The summed E-state index contributed by atoms with van der Waals surface area (Å²) in [6.45, 7) is 1.41. The number of amides is 2. The lowest BCUT2D eigenvalue weighted by Gasteiger charge is -2.42. The molecule has 2 heterocycles. The largest absolute Gasteiger partial charge is 0.490 e. The molecule has 7 N–H and O–H groups in total. The first-order valence-electron chi connectivity index (χ1n) is 9.76. The number of ether oxygens (including phenoxy) is 1. The number of hydroxylamine groups is 2. The van der Waals surface area contributed by atoms with Crippen LogP contribution in [-0.4, -0.2) is 71.7 Å². The van der Waals surface area contributed by atoms with Gasteiger partial charge in [-0.1, -0.05) is 5.16 Å². The lowest BCUT2D eigenvalue weighted by molar-refractivity contribution is -0.196. The summed E-state index contributed by atoms with van der Waals surface area (Å²) in [6.07, 6.45) is 0. The Morgan fingerprint density at radius 1 is 1.34 bits per heavy atom. The molecule has 1 saturated heterocycles. The highest BCUT2D eigenvalue weighted by Crippen LogP contribution is 2.22. The minimum absolute atomic E-state index is 0.0560. The molecule has 0 radical (unpaired) electrons. The average molecular weight is 528 g/mol. The van der Waals surface area contributed by atoms with Crippen molar-refractivity contribution in [2.24, 2.45) is 10.9 Å². The number of nitrogens with two attached hydrogens (primary N) is 2. The third-order valence-corrected chi connectivity index (χ3v) is 5.56. The van der Waals surface area contributed by atoms with Crippen molar-refractivity contribution in [2.45, 2.75) is 19.0 Å². The Balaban J connectivity index is 1.60. The quantitative estimate of drug-likeness (QED) is 0.0609. The number of hydrogen-bond acceptors (Lipinski definition) is 12. The van der Waals surface area contributed by atoms with Gasteiger partial charge in [0.25, 0.3) is 11.8 Å². The van der Waals surface area contributed by atoms with E-state index in [1.807, 2.05) is 0 Å². The third kappa shape index (κ3) is 6.63.